The highest BCUT2D eigenvalue weighted by Crippen LogP contribution is 2.32. The Bertz CT molecular complexity index is 694. The Kier molecular flexibility index (Phi) is 4.51. The Morgan fingerprint density at radius 3 is 2.74 bits per heavy atom. The third-order valence-corrected chi connectivity index (χ3v) is 4.23. The first-order chi connectivity index (χ1) is 11.2. The van der Waals surface area contributed by atoms with Crippen molar-refractivity contribution in [3.05, 3.63) is 59.2 Å². The number of carbonyl (C=O) groups is 1. The summed E-state index contributed by atoms with van der Waals surface area (Å²) in [5.74, 6) is 2.14. The molecule has 4 heteroatoms. The van der Waals surface area contributed by atoms with E-state index in [-0.39, 0.29) is 5.91 Å². The molecule has 0 saturated heterocycles. The molecule has 2 aromatic carbocycles. The molecule has 1 N–H and O–H groups in total. The van der Waals surface area contributed by atoms with E-state index in [9.17, 15) is 4.79 Å². The molecule has 23 heavy (non-hydrogen) atoms. The van der Waals surface area contributed by atoms with Crippen LogP contribution in [-0.4, -0.2) is 26.7 Å². The number of carbonyl (C=O) groups excluding carboxylic acids is 1. The number of nitrogens with one attached hydrogen (secondary N) is 1. The Labute approximate surface area is 136 Å². The Morgan fingerprint density at radius 1 is 1.26 bits per heavy atom. The quantitative estimate of drug-likeness (QED) is 0.944. The smallest absolute Gasteiger partial charge is 0.251 e. The van der Waals surface area contributed by atoms with Gasteiger partial charge in [-0.2, -0.15) is 0 Å². The molecule has 0 bridgehead atoms. The van der Waals surface area contributed by atoms with Crippen molar-refractivity contribution in [3.63, 3.8) is 0 Å². The van der Waals surface area contributed by atoms with Gasteiger partial charge in [-0.05, 0) is 42.2 Å². The molecule has 2 aromatic rings. The normalized spacial score (nSPS) is 16.2. The molecule has 1 heterocycles. The van der Waals surface area contributed by atoms with Crippen molar-refractivity contribution < 1.29 is 14.3 Å². The largest absolute Gasteiger partial charge is 0.497 e. The van der Waals surface area contributed by atoms with Crippen LogP contribution < -0.4 is 14.8 Å². The van der Waals surface area contributed by atoms with E-state index in [0.717, 1.165) is 24.3 Å². The lowest BCUT2D eigenvalue weighted by Gasteiger charge is -2.25. The summed E-state index contributed by atoms with van der Waals surface area (Å²) in [6.45, 7) is 0.706. The second kappa shape index (κ2) is 6.73. The van der Waals surface area contributed by atoms with Crippen LogP contribution in [0.4, 0.5) is 0 Å². The van der Waals surface area contributed by atoms with Gasteiger partial charge >= 0.3 is 0 Å². The first kappa shape index (κ1) is 15.4. The molecule has 4 nitrogen and oxygen atoms in total. The van der Waals surface area contributed by atoms with E-state index >= 15 is 0 Å². The fourth-order valence-electron chi connectivity index (χ4n) is 2.94. The van der Waals surface area contributed by atoms with E-state index in [0.29, 0.717) is 18.1 Å². The number of fused-ring (bicyclic) bond motifs is 1. The molecule has 0 aliphatic carbocycles. The molecular formula is C19H21NO3. The van der Waals surface area contributed by atoms with Crippen LogP contribution in [0.5, 0.6) is 11.5 Å². The third kappa shape index (κ3) is 3.47. The zero-order valence-corrected chi connectivity index (χ0v) is 13.5. The fourth-order valence-corrected chi connectivity index (χ4v) is 2.94. The van der Waals surface area contributed by atoms with Crippen LogP contribution in [0.1, 0.15) is 21.5 Å². The summed E-state index contributed by atoms with van der Waals surface area (Å²) < 4.78 is 11.1. The van der Waals surface area contributed by atoms with E-state index in [1.54, 1.807) is 14.2 Å². The van der Waals surface area contributed by atoms with Crippen molar-refractivity contribution in [1.29, 1.82) is 0 Å². The molecule has 1 amide bonds. The van der Waals surface area contributed by atoms with Crippen LogP contribution in [-0.2, 0) is 12.8 Å². The number of benzene rings is 2. The monoisotopic (exact) mass is 311 g/mol. The van der Waals surface area contributed by atoms with E-state index in [4.69, 9.17) is 9.47 Å². The minimum Gasteiger partial charge on any atom is -0.497 e. The summed E-state index contributed by atoms with van der Waals surface area (Å²) in [5, 5.41) is 2.63. The molecular weight excluding hydrogens is 290 g/mol. The molecule has 0 aromatic heterocycles. The number of amides is 1. The van der Waals surface area contributed by atoms with Gasteiger partial charge in [-0.3, -0.25) is 4.79 Å². The molecule has 1 aliphatic heterocycles. The molecule has 0 saturated carbocycles. The maximum Gasteiger partial charge on any atom is 0.251 e. The van der Waals surface area contributed by atoms with Crippen molar-refractivity contribution in [3.8, 4) is 11.5 Å². The number of methoxy groups -OCH3 is 1. The van der Waals surface area contributed by atoms with E-state index in [1.807, 2.05) is 36.4 Å². The van der Waals surface area contributed by atoms with Crippen molar-refractivity contribution >= 4 is 5.91 Å². The summed E-state index contributed by atoms with van der Waals surface area (Å²) in [5.41, 5.74) is 3.14. The molecule has 120 valence electrons. The molecule has 3 rings (SSSR count). The number of hydrogen-bond donors (Lipinski definition) is 1. The van der Waals surface area contributed by atoms with E-state index in [2.05, 4.69) is 11.4 Å². The van der Waals surface area contributed by atoms with Crippen LogP contribution in [0.3, 0.4) is 0 Å². The number of rotatable bonds is 4. The van der Waals surface area contributed by atoms with Gasteiger partial charge in [0.1, 0.15) is 11.5 Å². The van der Waals surface area contributed by atoms with Gasteiger partial charge in [0.05, 0.1) is 13.7 Å². The second-order valence-electron chi connectivity index (χ2n) is 5.83. The Morgan fingerprint density at radius 2 is 2.04 bits per heavy atom. The van der Waals surface area contributed by atoms with Gasteiger partial charge in [0.25, 0.3) is 5.91 Å². The van der Waals surface area contributed by atoms with Crippen molar-refractivity contribution in [2.45, 2.75) is 12.8 Å². The third-order valence-electron chi connectivity index (χ3n) is 4.23. The standard InChI is InChI=1S/C19H21NO3/c1-20-19(21)15-5-3-13(4-6-15)9-14-10-16-7-8-17(22-2)11-18(16)23-12-14/h3-8,11,14H,9-10,12H2,1-2H3,(H,20,21)/t14-/m0/s1. The van der Waals surface area contributed by atoms with Crippen molar-refractivity contribution in [1.82, 2.24) is 5.32 Å². The van der Waals surface area contributed by atoms with Gasteiger partial charge in [-0.1, -0.05) is 18.2 Å². The van der Waals surface area contributed by atoms with E-state index < -0.39 is 0 Å². The maximum absolute atomic E-state index is 11.6. The zero-order valence-electron chi connectivity index (χ0n) is 13.5. The van der Waals surface area contributed by atoms with Crippen LogP contribution in [0.25, 0.3) is 0 Å². The molecule has 0 unspecified atom stereocenters. The lowest BCUT2D eigenvalue weighted by atomic mass is 9.90. The Balaban J connectivity index is 1.66. The second-order valence-corrected chi connectivity index (χ2v) is 5.83. The summed E-state index contributed by atoms with van der Waals surface area (Å²) in [4.78, 5) is 11.6. The van der Waals surface area contributed by atoms with Crippen molar-refractivity contribution in [2.24, 2.45) is 5.92 Å². The van der Waals surface area contributed by atoms with Gasteiger partial charge in [0.2, 0.25) is 0 Å². The Hall–Kier alpha value is -2.49. The minimum absolute atomic E-state index is 0.0552. The summed E-state index contributed by atoms with van der Waals surface area (Å²) in [7, 11) is 3.30. The average Bonchev–Trinajstić information content (AvgIpc) is 2.61. The molecule has 1 atom stereocenters. The summed E-state index contributed by atoms with van der Waals surface area (Å²) >= 11 is 0. The maximum atomic E-state index is 11.6. The topological polar surface area (TPSA) is 47.6 Å². The molecule has 0 radical (unpaired) electrons. The molecule has 0 fully saturated rings. The molecule has 1 aliphatic rings. The van der Waals surface area contributed by atoms with E-state index in [1.165, 1.54) is 11.1 Å². The van der Waals surface area contributed by atoms with Gasteiger partial charge in [0.15, 0.2) is 0 Å². The zero-order chi connectivity index (χ0) is 16.2. The van der Waals surface area contributed by atoms with Gasteiger partial charge in [-0.15, -0.1) is 0 Å². The fraction of sp³-hybridized carbons (Fsp3) is 0.316. The SMILES string of the molecule is CNC(=O)c1ccc(C[C@@H]2COc3cc(OC)ccc3C2)cc1. The predicted molar refractivity (Wildman–Crippen MR) is 89.2 cm³/mol. The summed E-state index contributed by atoms with van der Waals surface area (Å²) in [6, 6.07) is 13.8. The molecule has 0 spiro atoms. The predicted octanol–water partition coefficient (Wildman–Crippen LogP) is 2.85. The lowest BCUT2D eigenvalue weighted by molar-refractivity contribution is 0.0963. The van der Waals surface area contributed by atoms with Crippen LogP contribution >= 0.6 is 0 Å². The highest BCUT2D eigenvalue weighted by atomic mass is 16.5. The first-order valence-corrected chi connectivity index (χ1v) is 7.80. The van der Waals surface area contributed by atoms with Crippen LogP contribution in [0.15, 0.2) is 42.5 Å². The first-order valence-electron chi connectivity index (χ1n) is 7.80. The van der Waals surface area contributed by atoms with Gasteiger partial charge in [0, 0.05) is 24.6 Å². The highest BCUT2D eigenvalue weighted by Gasteiger charge is 2.20. The van der Waals surface area contributed by atoms with Crippen LogP contribution in [0, 0.1) is 5.92 Å². The van der Waals surface area contributed by atoms with Gasteiger partial charge in [-0.25, -0.2) is 0 Å². The highest BCUT2D eigenvalue weighted by molar-refractivity contribution is 5.93. The van der Waals surface area contributed by atoms with Crippen LogP contribution in [0.2, 0.25) is 0 Å². The van der Waals surface area contributed by atoms with Gasteiger partial charge < -0.3 is 14.8 Å². The number of ether oxygens (including phenoxy) is 2. The average molecular weight is 311 g/mol. The minimum atomic E-state index is -0.0552. The lowest BCUT2D eigenvalue weighted by Crippen LogP contribution is -2.23. The summed E-state index contributed by atoms with van der Waals surface area (Å²) in [6.07, 6.45) is 1.94. The van der Waals surface area contributed by atoms with Crippen molar-refractivity contribution in [2.75, 3.05) is 20.8 Å². The number of hydrogen-bond acceptors (Lipinski definition) is 3.